The number of aromatic amines is 1. The van der Waals surface area contributed by atoms with E-state index in [1.54, 1.807) is 0 Å². The highest BCUT2D eigenvalue weighted by Gasteiger charge is 2.58. The Kier molecular flexibility index (Phi) is 3.40. The molecule has 0 saturated heterocycles. The molecule has 3 atom stereocenters. The number of nitrogens with zero attached hydrogens (tertiary/aromatic N) is 3. The fourth-order valence-electron chi connectivity index (χ4n) is 4.52. The number of nitrogens with one attached hydrogen (secondary N) is 1. The van der Waals surface area contributed by atoms with Crippen molar-refractivity contribution in [3.63, 3.8) is 0 Å². The molecule has 10 heteroatoms. The van der Waals surface area contributed by atoms with Crippen molar-refractivity contribution in [3.05, 3.63) is 28.3 Å². The maximum Gasteiger partial charge on any atom is 0.312 e. The molecule has 1 fully saturated rings. The normalized spacial score (nSPS) is 27.5. The number of hydrogen-bond acceptors (Lipinski definition) is 6. The van der Waals surface area contributed by atoms with E-state index in [-0.39, 0.29) is 29.5 Å². The van der Waals surface area contributed by atoms with E-state index in [0.717, 1.165) is 12.0 Å². The molecule has 0 bridgehead atoms. The zero-order valence-electron chi connectivity index (χ0n) is 13.7. The minimum atomic E-state index is -1.53. The zero-order chi connectivity index (χ0) is 18.6. The van der Waals surface area contributed by atoms with Crippen LogP contribution in [0.5, 0.6) is 0 Å². The number of anilines is 1. The molecule has 0 aliphatic heterocycles. The van der Waals surface area contributed by atoms with Gasteiger partial charge in [0.15, 0.2) is 11.2 Å². The third-order valence-corrected chi connectivity index (χ3v) is 5.47. The van der Waals surface area contributed by atoms with Crippen molar-refractivity contribution in [3.8, 4) is 0 Å². The lowest BCUT2D eigenvalue weighted by Crippen LogP contribution is -2.40. The molecule has 0 aromatic carbocycles. The summed E-state index contributed by atoms with van der Waals surface area (Å²) in [5.41, 5.74) is 4.74. The Labute approximate surface area is 146 Å². The molecule has 2 aromatic heterocycles. The highest BCUT2D eigenvalue weighted by molar-refractivity contribution is 5.84. The van der Waals surface area contributed by atoms with Gasteiger partial charge in [0.2, 0.25) is 5.95 Å². The van der Waals surface area contributed by atoms with Crippen molar-refractivity contribution in [2.45, 2.75) is 31.7 Å². The molecule has 0 amide bonds. The summed E-state index contributed by atoms with van der Waals surface area (Å²) in [5, 5.41) is 19.4. The average molecular weight is 359 g/mol. The molecule has 1 saturated carbocycles. The van der Waals surface area contributed by atoms with Crippen LogP contribution < -0.4 is 11.3 Å². The monoisotopic (exact) mass is 359 g/mol. The van der Waals surface area contributed by atoms with Crippen LogP contribution in [0.1, 0.15) is 31.7 Å². The molecule has 5 N–H and O–H groups in total. The molecule has 2 aromatic rings. The van der Waals surface area contributed by atoms with Crippen LogP contribution in [0, 0.1) is 11.3 Å². The number of carboxylic acids is 2. The van der Waals surface area contributed by atoms with Gasteiger partial charge in [-0.25, -0.2) is 4.98 Å². The van der Waals surface area contributed by atoms with Crippen LogP contribution in [0.4, 0.5) is 5.95 Å². The zero-order valence-corrected chi connectivity index (χ0v) is 13.7. The molecule has 26 heavy (non-hydrogen) atoms. The maximum atomic E-state index is 12.2. The van der Waals surface area contributed by atoms with E-state index >= 15 is 0 Å². The van der Waals surface area contributed by atoms with Gasteiger partial charge in [-0.1, -0.05) is 11.6 Å². The van der Waals surface area contributed by atoms with Crippen LogP contribution in [-0.4, -0.2) is 41.7 Å². The highest BCUT2D eigenvalue weighted by Crippen LogP contribution is 2.59. The summed E-state index contributed by atoms with van der Waals surface area (Å²) in [6.45, 7) is 0. The predicted octanol–water partition coefficient (Wildman–Crippen LogP) is 0.529. The van der Waals surface area contributed by atoms with Gasteiger partial charge in [-0.05, 0) is 19.3 Å². The van der Waals surface area contributed by atoms with E-state index in [0.29, 0.717) is 6.42 Å². The number of rotatable bonds is 4. The number of aromatic nitrogens is 4. The standard InChI is InChI=1S/C16H17N5O5/c17-15-19-12-10(13(24)20-15)18-6-21(12)11-8-3-1-2-7(8)4-16(11,14(25)26)5-9(22)23/h2,6,8,11H,1,3-5H2,(H,22,23)(H,25,26)(H3,17,19,20,24)/t8?,11-,16-/m1/s1. The minimum absolute atomic E-state index is 0.0456. The number of H-pyrrole nitrogens is 1. The van der Waals surface area contributed by atoms with Crippen LogP contribution in [0.15, 0.2) is 22.8 Å². The molecule has 2 aliphatic rings. The number of nitrogen functional groups attached to an aromatic ring is 1. The number of hydrogen-bond donors (Lipinski definition) is 4. The van der Waals surface area contributed by atoms with Crippen molar-refractivity contribution in [2.24, 2.45) is 11.3 Å². The Balaban J connectivity index is 1.97. The molecular weight excluding hydrogens is 342 g/mol. The van der Waals surface area contributed by atoms with Gasteiger partial charge in [-0.2, -0.15) is 4.98 Å². The van der Waals surface area contributed by atoms with Crippen molar-refractivity contribution >= 4 is 29.1 Å². The molecular formula is C16H17N5O5. The van der Waals surface area contributed by atoms with E-state index in [9.17, 15) is 24.6 Å². The third-order valence-electron chi connectivity index (χ3n) is 5.47. The maximum absolute atomic E-state index is 12.2. The number of imidazole rings is 1. The lowest BCUT2D eigenvalue weighted by Gasteiger charge is -2.33. The summed E-state index contributed by atoms with van der Waals surface area (Å²) in [6, 6.07) is -0.705. The van der Waals surface area contributed by atoms with Gasteiger partial charge >= 0.3 is 11.9 Å². The summed E-state index contributed by atoms with van der Waals surface area (Å²) in [7, 11) is 0. The van der Waals surface area contributed by atoms with E-state index in [1.165, 1.54) is 10.9 Å². The van der Waals surface area contributed by atoms with Gasteiger partial charge in [0.05, 0.1) is 18.8 Å². The lowest BCUT2D eigenvalue weighted by molar-refractivity contribution is -0.158. The van der Waals surface area contributed by atoms with Crippen molar-refractivity contribution < 1.29 is 19.8 Å². The second kappa shape index (κ2) is 5.41. The fraction of sp³-hybridized carbons (Fsp3) is 0.438. The van der Waals surface area contributed by atoms with Crippen LogP contribution in [-0.2, 0) is 9.59 Å². The smallest absolute Gasteiger partial charge is 0.312 e. The third kappa shape index (κ3) is 2.14. The van der Waals surface area contributed by atoms with Crippen LogP contribution >= 0.6 is 0 Å². The Morgan fingerprint density at radius 1 is 1.42 bits per heavy atom. The summed E-state index contributed by atoms with van der Waals surface area (Å²) < 4.78 is 1.52. The highest BCUT2D eigenvalue weighted by atomic mass is 16.4. The second-order valence-corrected chi connectivity index (χ2v) is 6.89. The number of nitrogens with two attached hydrogens (primary N) is 1. The van der Waals surface area contributed by atoms with Gasteiger partial charge in [0.1, 0.15) is 5.41 Å². The summed E-state index contributed by atoms with van der Waals surface area (Å²) in [5.74, 6) is -2.61. The molecule has 10 nitrogen and oxygen atoms in total. The summed E-state index contributed by atoms with van der Waals surface area (Å²) >= 11 is 0. The number of fused-ring (bicyclic) bond motifs is 2. The molecule has 2 heterocycles. The van der Waals surface area contributed by atoms with Crippen LogP contribution in [0.25, 0.3) is 11.2 Å². The first-order chi connectivity index (χ1) is 12.3. The van der Waals surface area contributed by atoms with Crippen molar-refractivity contribution in [2.75, 3.05) is 5.73 Å². The fourth-order valence-corrected chi connectivity index (χ4v) is 4.52. The molecule has 4 rings (SSSR count). The Bertz CT molecular complexity index is 1020. The summed E-state index contributed by atoms with van der Waals surface area (Å²) in [6.07, 6.45) is 4.49. The Hall–Kier alpha value is -3.17. The Morgan fingerprint density at radius 2 is 2.19 bits per heavy atom. The van der Waals surface area contributed by atoms with Crippen molar-refractivity contribution in [1.29, 1.82) is 0 Å². The Morgan fingerprint density at radius 3 is 2.88 bits per heavy atom. The van der Waals surface area contributed by atoms with E-state index in [2.05, 4.69) is 15.0 Å². The number of carboxylic acid groups (broad SMARTS) is 2. The summed E-state index contributed by atoms with van der Waals surface area (Å²) in [4.78, 5) is 46.3. The minimum Gasteiger partial charge on any atom is -0.481 e. The number of carbonyl (C=O) groups is 2. The van der Waals surface area contributed by atoms with Crippen LogP contribution in [0.2, 0.25) is 0 Å². The molecule has 2 aliphatic carbocycles. The first-order valence-electron chi connectivity index (χ1n) is 8.20. The number of aliphatic carboxylic acids is 2. The average Bonchev–Trinajstić information content (AvgIpc) is 3.20. The molecule has 0 spiro atoms. The van der Waals surface area contributed by atoms with E-state index < -0.39 is 35.4 Å². The van der Waals surface area contributed by atoms with Gasteiger partial charge in [-0.15, -0.1) is 0 Å². The van der Waals surface area contributed by atoms with Gasteiger partial charge in [0.25, 0.3) is 5.56 Å². The van der Waals surface area contributed by atoms with Gasteiger partial charge in [0, 0.05) is 5.92 Å². The SMILES string of the molecule is Nc1nc2c(ncn2[C@@H]2C3CCC=C3C[C@]2(CC(=O)O)C(=O)O)c(=O)[nH]1. The largest absolute Gasteiger partial charge is 0.481 e. The van der Waals surface area contributed by atoms with Gasteiger partial charge < -0.3 is 20.5 Å². The first-order valence-corrected chi connectivity index (χ1v) is 8.20. The molecule has 136 valence electrons. The molecule has 0 radical (unpaired) electrons. The second-order valence-electron chi connectivity index (χ2n) is 6.89. The van der Waals surface area contributed by atoms with Crippen molar-refractivity contribution in [1.82, 2.24) is 19.5 Å². The molecule has 1 unspecified atom stereocenters. The van der Waals surface area contributed by atoms with Gasteiger partial charge in [-0.3, -0.25) is 19.4 Å². The topological polar surface area (TPSA) is 164 Å². The first kappa shape index (κ1) is 16.3. The predicted molar refractivity (Wildman–Crippen MR) is 89.3 cm³/mol. The van der Waals surface area contributed by atoms with E-state index in [1.807, 2.05) is 6.08 Å². The van der Waals surface area contributed by atoms with Crippen LogP contribution in [0.3, 0.4) is 0 Å². The lowest BCUT2D eigenvalue weighted by atomic mass is 9.76. The number of allylic oxidation sites excluding steroid dienone is 2. The quantitative estimate of drug-likeness (QED) is 0.574. The van der Waals surface area contributed by atoms with E-state index in [4.69, 9.17) is 5.73 Å².